The smallest absolute Gasteiger partial charge is 0.269 e. The summed E-state index contributed by atoms with van der Waals surface area (Å²) in [5, 5.41) is 0.690. The number of carbonyl (C=O) groups is 1. The van der Waals surface area contributed by atoms with Gasteiger partial charge in [0.1, 0.15) is 6.04 Å². The summed E-state index contributed by atoms with van der Waals surface area (Å²) in [5.41, 5.74) is 1.22. The van der Waals surface area contributed by atoms with E-state index in [-0.39, 0.29) is 11.5 Å². The zero-order valence-corrected chi connectivity index (χ0v) is 16.2. The minimum Gasteiger partial charge on any atom is -0.338 e. The van der Waals surface area contributed by atoms with E-state index in [9.17, 15) is 9.59 Å². The molecule has 1 aliphatic heterocycles. The van der Waals surface area contributed by atoms with E-state index < -0.39 is 6.04 Å². The van der Waals surface area contributed by atoms with Crippen LogP contribution in [-0.4, -0.2) is 45.8 Å². The lowest BCUT2D eigenvalue weighted by Gasteiger charge is -2.36. The molecule has 0 spiro atoms. The second kappa shape index (κ2) is 7.66. The van der Waals surface area contributed by atoms with Gasteiger partial charge in [-0.25, -0.2) is 0 Å². The Kier molecular flexibility index (Phi) is 5.09. The van der Waals surface area contributed by atoms with E-state index in [4.69, 9.17) is 0 Å². The molecule has 0 saturated carbocycles. The summed E-state index contributed by atoms with van der Waals surface area (Å²) in [6.45, 7) is 5.86. The van der Waals surface area contributed by atoms with E-state index in [0.717, 1.165) is 24.3 Å². The highest BCUT2D eigenvalue weighted by atomic mass is 32.1. The second-order valence-corrected chi connectivity index (χ2v) is 8.00. The first-order chi connectivity index (χ1) is 13.1. The molecule has 0 bridgehead atoms. The molecule has 27 heavy (non-hydrogen) atoms. The molecule has 1 saturated heterocycles. The number of piperazine rings is 1. The van der Waals surface area contributed by atoms with Crippen LogP contribution in [-0.2, 0) is 11.3 Å². The lowest BCUT2D eigenvalue weighted by Crippen LogP contribution is -2.50. The Labute approximate surface area is 162 Å². The van der Waals surface area contributed by atoms with E-state index in [1.165, 1.54) is 17.1 Å². The molecule has 140 valence electrons. The monoisotopic (exact) mass is 381 g/mol. The van der Waals surface area contributed by atoms with E-state index in [1.807, 2.05) is 42.2 Å². The van der Waals surface area contributed by atoms with Crippen LogP contribution < -0.4 is 5.56 Å². The van der Waals surface area contributed by atoms with Gasteiger partial charge in [0.15, 0.2) is 0 Å². The number of aromatic nitrogens is 1. The number of benzene rings is 2. The van der Waals surface area contributed by atoms with E-state index in [0.29, 0.717) is 18.5 Å². The van der Waals surface area contributed by atoms with Crippen molar-refractivity contribution in [1.82, 2.24) is 13.8 Å². The Balaban J connectivity index is 1.41. The van der Waals surface area contributed by atoms with Crippen LogP contribution in [0.2, 0.25) is 0 Å². The fourth-order valence-corrected chi connectivity index (χ4v) is 4.61. The number of nitrogens with zero attached hydrogens (tertiary/aromatic N) is 3. The average Bonchev–Trinajstić information content (AvgIpc) is 3.05. The van der Waals surface area contributed by atoms with Gasteiger partial charge in [0.2, 0.25) is 5.91 Å². The zero-order chi connectivity index (χ0) is 18.8. The van der Waals surface area contributed by atoms with E-state index in [2.05, 4.69) is 29.2 Å². The molecule has 3 aromatic rings. The van der Waals surface area contributed by atoms with Crippen molar-refractivity contribution in [2.75, 3.05) is 26.2 Å². The summed E-state index contributed by atoms with van der Waals surface area (Å²) < 4.78 is 2.54. The molecule has 6 heteroatoms. The summed E-state index contributed by atoms with van der Waals surface area (Å²) in [7, 11) is 0. The van der Waals surface area contributed by atoms with Crippen LogP contribution in [0.3, 0.4) is 0 Å². The fourth-order valence-electron chi connectivity index (χ4n) is 3.58. The van der Waals surface area contributed by atoms with Gasteiger partial charge in [0.25, 0.3) is 5.56 Å². The summed E-state index contributed by atoms with van der Waals surface area (Å²) in [5.74, 6) is 0.0306. The molecule has 0 N–H and O–H groups in total. The predicted octanol–water partition coefficient (Wildman–Crippen LogP) is 2.97. The number of hydrogen-bond acceptors (Lipinski definition) is 4. The van der Waals surface area contributed by atoms with Crippen molar-refractivity contribution < 1.29 is 4.79 Å². The molecular weight excluding hydrogens is 358 g/mol. The van der Waals surface area contributed by atoms with Crippen molar-refractivity contribution in [3.63, 3.8) is 0 Å². The largest absolute Gasteiger partial charge is 0.338 e. The standard InChI is InChI=1S/C21H23N3O2S/c1-16(24-21(26)18-9-5-6-10-19(18)27-24)20(25)23-13-11-22(12-14-23)15-17-7-3-2-4-8-17/h2-10,16H,11-15H2,1H3. The van der Waals surface area contributed by atoms with Crippen LogP contribution >= 0.6 is 11.5 Å². The third kappa shape index (κ3) is 3.68. The predicted molar refractivity (Wildman–Crippen MR) is 109 cm³/mol. The second-order valence-electron chi connectivity index (χ2n) is 6.98. The van der Waals surface area contributed by atoms with Crippen molar-refractivity contribution in [3.05, 3.63) is 70.5 Å². The maximum absolute atomic E-state index is 12.9. The Morgan fingerprint density at radius 2 is 1.67 bits per heavy atom. The van der Waals surface area contributed by atoms with Gasteiger partial charge >= 0.3 is 0 Å². The van der Waals surface area contributed by atoms with Crippen molar-refractivity contribution in [2.24, 2.45) is 0 Å². The van der Waals surface area contributed by atoms with Crippen LogP contribution in [0, 0.1) is 0 Å². The molecule has 1 fully saturated rings. The van der Waals surface area contributed by atoms with Gasteiger partial charge in [-0.15, -0.1) is 0 Å². The number of hydrogen-bond donors (Lipinski definition) is 0. The van der Waals surface area contributed by atoms with E-state index >= 15 is 0 Å². The molecule has 1 aromatic heterocycles. The SMILES string of the molecule is CC(C(=O)N1CCN(Cc2ccccc2)CC1)n1sc2ccccc2c1=O. The van der Waals surface area contributed by atoms with Crippen LogP contribution in [0.1, 0.15) is 18.5 Å². The topological polar surface area (TPSA) is 45.6 Å². The average molecular weight is 382 g/mol. The maximum atomic E-state index is 12.9. The summed E-state index contributed by atoms with van der Waals surface area (Å²) in [6.07, 6.45) is 0. The lowest BCUT2D eigenvalue weighted by molar-refractivity contribution is -0.135. The fraction of sp³-hybridized carbons (Fsp3) is 0.333. The highest BCUT2D eigenvalue weighted by molar-refractivity contribution is 7.14. The number of amides is 1. The Bertz CT molecular complexity index is 987. The summed E-state index contributed by atoms with van der Waals surface area (Å²) in [4.78, 5) is 29.8. The normalized spacial score (nSPS) is 16.6. The third-order valence-electron chi connectivity index (χ3n) is 5.16. The Morgan fingerprint density at radius 3 is 2.37 bits per heavy atom. The Morgan fingerprint density at radius 1 is 1.00 bits per heavy atom. The van der Waals surface area contributed by atoms with Crippen LogP contribution in [0.15, 0.2) is 59.4 Å². The molecule has 4 rings (SSSR count). The van der Waals surface area contributed by atoms with E-state index in [1.54, 1.807) is 3.96 Å². The molecule has 5 nitrogen and oxygen atoms in total. The van der Waals surface area contributed by atoms with Gasteiger partial charge < -0.3 is 4.90 Å². The summed E-state index contributed by atoms with van der Waals surface area (Å²) >= 11 is 1.37. The summed E-state index contributed by atoms with van der Waals surface area (Å²) in [6, 6.07) is 17.5. The molecule has 0 radical (unpaired) electrons. The first-order valence-corrected chi connectivity index (χ1v) is 10.1. The maximum Gasteiger partial charge on any atom is 0.269 e. The van der Waals surface area contributed by atoms with Crippen LogP contribution in [0.5, 0.6) is 0 Å². The van der Waals surface area contributed by atoms with Crippen molar-refractivity contribution in [3.8, 4) is 0 Å². The van der Waals surface area contributed by atoms with Crippen molar-refractivity contribution in [2.45, 2.75) is 19.5 Å². The minimum atomic E-state index is -0.462. The molecule has 2 heterocycles. The molecule has 1 unspecified atom stereocenters. The number of carbonyl (C=O) groups excluding carboxylic acids is 1. The molecule has 0 aliphatic carbocycles. The minimum absolute atomic E-state index is 0.0306. The highest BCUT2D eigenvalue weighted by Crippen LogP contribution is 2.21. The van der Waals surface area contributed by atoms with Crippen molar-refractivity contribution >= 4 is 27.5 Å². The van der Waals surface area contributed by atoms with Crippen LogP contribution in [0.4, 0.5) is 0 Å². The van der Waals surface area contributed by atoms with Gasteiger partial charge in [-0.1, -0.05) is 54.0 Å². The third-order valence-corrected chi connectivity index (χ3v) is 6.39. The molecular formula is C21H23N3O2S. The molecule has 1 amide bonds. The van der Waals surface area contributed by atoms with Gasteiger partial charge in [0.05, 0.1) is 10.1 Å². The lowest BCUT2D eigenvalue weighted by atomic mass is 10.2. The van der Waals surface area contributed by atoms with Gasteiger partial charge in [-0.3, -0.25) is 18.4 Å². The van der Waals surface area contributed by atoms with Gasteiger partial charge in [0, 0.05) is 32.7 Å². The van der Waals surface area contributed by atoms with Gasteiger partial charge in [-0.05, 0) is 24.6 Å². The molecule has 1 aliphatic rings. The van der Waals surface area contributed by atoms with Gasteiger partial charge in [-0.2, -0.15) is 0 Å². The highest BCUT2D eigenvalue weighted by Gasteiger charge is 2.27. The Hall–Kier alpha value is -2.44. The zero-order valence-electron chi connectivity index (χ0n) is 15.4. The molecule has 2 aromatic carbocycles. The number of rotatable bonds is 4. The van der Waals surface area contributed by atoms with Crippen molar-refractivity contribution in [1.29, 1.82) is 0 Å². The van der Waals surface area contributed by atoms with Crippen LogP contribution in [0.25, 0.3) is 10.1 Å². The number of fused-ring (bicyclic) bond motifs is 1. The first-order valence-electron chi connectivity index (χ1n) is 9.29. The first kappa shape index (κ1) is 17.9. The quantitative estimate of drug-likeness (QED) is 0.698. The molecule has 1 atom stereocenters.